The number of alkyl halides is 5. The van der Waals surface area contributed by atoms with Gasteiger partial charge in [0.25, 0.3) is 23.5 Å². The molecule has 8 heterocycles. The second-order valence-electron chi connectivity index (χ2n) is 20.9. The largest absolute Gasteiger partial charge is 0.466 e. The summed E-state index contributed by atoms with van der Waals surface area (Å²) in [6.07, 6.45) is -0.600. The number of nitrogens with one attached hydrogen (secondary N) is 6. The molecule has 7 aliphatic carbocycles. The Morgan fingerprint density at radius 1 is 0.932 bits per heavy atom. The monoisotopic (exact) mass is 1030 g/mol. The lowest BCUT2D eigenvalue weighted by molar-refractivity contribution is -0.646. The third kappa shape index (κ3) is 7.96. The Labute approximate surface area is 416 Å². The molecule has 2 amide bonds. The van der Waals surface area contributed by atoms with Gasteiger partial charge in [0.15, 0.2) is 41.7 Å². The van der Waals surface area contributed by atoms with Gasteiger partial charge in [0.2, 0.25) is 0 Å². The van der Waals surface area contributed by atoms with E-state index in [0.29, 0.717) is 40.6 Å². The molecule has 6 N–H and O–H groups in total. The van der Waals surface area contributed by atoms with Crippen LogP contribution < -0.4 is 30.7 Å². The van der Waals surface area contributed by atoms with E-state index in [-0.39, 0.29) is 59.2 Å². The second-order valence-corrected chi connectivity index (χ2v) is 20.9. The summed E-state index contributed by atoms with van der Waals surface area (Å²) in [6, 6.07) is 4.48. The molecule has 15 rings (SSSR count). The van der Waals surface area contributed by atoms with Crippen LogP contribution in [0, 0.1) is 25.7 Å². The number of fused-ring (bicyclic) bond motifs is 2. The molecule has 0 radical (unpaired) electrons. The quantitative estimate of drug-likeness (QED) is 0.0506. The third-order valence-corrected chi connectivity index (χ3v) is 15.6. The predicted octanol–water partition coefficient (Wildman–Crippen LogP) is 6.47. The van der Waals surface area contributed by atoms with E-state index >= 15 is 8.78 Å². The third-order valence-electron chi connectivity index (χ3n) is 15.6. The zero-order valence-electron chi connectivity index (χ0n) is 40.0. The van der Waals surface area contributed by atoms with Gasteiger partial charge in [0.05, 0.1) is 41.1 Å². The predicted molar refractivity (Wildman–Crippen MR) is 248 cm³/mol. The van der Waals surface area contributed by atoms with Crippen LogP contribution in [0.4, 0.5) is 54.9 Å². The number of alkyl carbamates (subject to hydrolysis) is 2. The van der Waals surface area contributed by atoms with Crippen molar-refractivity contribution in [2.45, 2.75) is 119 Å². The number of H-pyrrole nitrogens is 2. The number of aromatic amines is 2. The van der Waals surface area contributed by atoms with Gasteiger partial charge < -0.3 is 34.9 Å². The fourth-order valence-corrected chi connectivity index (χ4v) is 11.8. The van der Waals surface area contributed by atoms with E-state index < -0.39 is 67.4 Å². The van der Waals surface area contributed by atoms with Crippen molar-refractivity contribution in [3.63, 3.8) is 0 Å². The Morgan fingerprint density at radius 3 is 2.34 bits per heavy atom. The summed E-state index contributed by atoms with van der Waals surface area (Å²) in [5.41, 5.74) is 4.02. The van der Waals surface area contributed by atoms with Crippen molar-refractivity contribution < 1.29 is 55.2 Å². The van der Waals surface area contributed by atoms with Gasteiger partial charge in [0, 0.05) is 54.6 Å². The molecule has 1 aliphatic heterocycles. The van der Waals surface area contributed by atoms with Crippen LogP contribution in [0.3, 0.4) is 0 Å². The molecule has 0 unspecified atom stereocenters. The van der Waals surface area contributed by atoms with Crippen LogP contribution in [0.5, 0.6) is 5.88 Å². The lowest BCUT2D eigenvalue weighted by Gasteiger charge is -2.61. The summed E-state index contributed by atoms with van der Waals surface area (Å²) in [4.78, 5) is 39.9. The summed E-state index contributed by atoms with van der Waals surface area (Å²) in [6.45, 7) is 1.95. The van der Waals surface area contributed by atoms with Gasteiger partial charge in [0.1, 0.15) is 24.6 Å². The topological polar surface area (TPSA) is 246 Å². The van der Waals surface area contributed by atoms with Gasteiger partial charge in [-0.3, -0.25) is 14.2 Å². The molecular weight excluding hydrogens is 980 g/mol. The van der Waals surface area contributed by atoms with Gasteiger partial charge in [-0.1, -0.05) is 5.10 Å². The van der Waals surface area contributed by atoms with E-state index in [1.807, 2.05) is 20.9 Å². The minimum atomic E-state index is -4.70. The van der Waals surface area contributed by atoms with Crippen molar-refractivity contribution in [3.05, 3.63) is 65.6 Å². The standard InChI is InChI=1S/C47H49F5N16O6/c1-21-17-55-65(3)38(21)36-22(2)56-42(66-5-4-53-41(36)66)58-33-9-27(25-6-26(48)30(7-25)73-43(69)59-45-11-23(12-45)13-45)63-68(33)35-18-54-40(29-10-34(64-67(29)35)72-20-47(50,51)52)57-32-8-28(61-62-32)39-37(49)31(19-71-39)74-44(70)60-46-14-24(15-46)16-46/h4-5,8-10,17-18,23-26,30-31,37,39H,6-7,11-16,19-20H2,1-3H3,(H5,53,54,55,56,57,58,59,60,61,62,63,64,69,70)/p+1/t23?,24?,25-,26+,30-,31+,37+,39+,45?,46?/m0/s1. The van der Waals surface area contributed by atoms with Crippen molar-refractivity contribution in [3.8, 4) is 23.0 Å². The number of amides is 2. The van der Waals surface area contributed by atoms with Crippen LogP contribution in [0.2, 0.25) is 0 Å². The first-order valence-electron chi connectivity index (χ1n) is 24.5. The van der Waals surface area contributed by atoms with Crippen molar-refractivity contribution in [1.29, 1.82) is 0 Å². The highest BCUT2D eigenvalue weighted by molar-refractivity contribution is 5.81. The average Bonchev–Trinajstić information content (AvgIpc) is 4.19. The molecule has 6 atom stereocenters. The van der Waals surface area contributed by atoms with E-state index in [2.05, 4.69) is 56.7 Å². The minimum absolute atomic E-state index is 0.00536. The zero-order valence-corrected chi connectivity index (χ0v) is 40.0. The molecule has 27 heteroatoms. The van der Waals surface area contributed by atoms with Crippen molar-refractivity contribution >= 4 is 46.8 Å². The number of carbonyl (C=O) groups is 2. The average molecular weight is 1030 g/mol. The Hall–Kier alpha value is -7.58. The SMILES string of the molecule is Cc1cnn(C)c1-c1c(C)nc(Nc2cc([C@H]3C[C@@H](F)[C@@H](OC(=O)NC45CC(C4)C5)C3)[nH][n+]2-c2cnc(Nc3cc([C@H]4OC[C@@H](OC(=O)NC56CC(C5)C6)[C@H]4F)[nH]n3)c3cc(OCC(F)(F)F)nn23)n2ccnc12. The van der Waals surface area contributed by atoms with Crippen molar-refractivity contribution in [1.82, 2.24) is 64.7 Å². The number of halogens is 5. The van der Waals surface area contributed by atoms with Crippen LogP contribution in [0.15, 0.2) is 43.0 Å². The lowest BCUT2D eigenvalue weighted by Crippen LogP contribution is -2.68. The summed E-state index contributed by atoms with van der Waals surface area (Å²) >= 11 is 0. The molecule has 7 saturated carbocycles. The van der Waals surface area contributed by atoms with E-state index in [1.165, 1.54) is 27.5 Å². The lowest BCUT2D eigenvalue weighted by atomic mass is 9.50. The molecule has 74 heavy (non-hydrogen) atoms. The van der Waals surface area contributed by atoms with Crippen LogP contribution in [-0.2, 0) is 21.3 Å². The van der Waals surface area contributed by atoms with Crippen LogP contribution >= 0.6 is 0 Å². The minimum Gasteiger partial charge on any atom is -0.466 e. The number of ether oxygens (including phenoxy) is 4. The van der Waals surface area contributed by atoms with Gasteiger partial charge in [-0.05, 0) is 82.6 Å². The number of aromatic nitrogens is 12. The molecule has 7 aromatic rings. The Balaban J connectivity index is 0.828. The number of aryl methyl sites for hydroxylation is 3. The molecule has 8 aliphatic rings. The number of hydrogen-bond donors (Lipinski definition) is 6. The maximum Gasteiger partial charge on any atom is 0.422 e. The number of anilines is 4. The fraction of sp³-hybridized carbons (Fsp3) is 0.511. The molecule has 22 nitrogen and oxygen atoms in total. The van der Waals surface area contributed by atoms with E-state index in [9.17, 15) is 22.8 Å². The number of rotatable bonds is 14. The summed E-state index contributed by atoms with van der Waals surface area (Å²) < 4.78 is 101. The van der Waals surface area contributed by atoms with Gasteiger partial charge >= 0.3 is 18.4 Å². The number of hydrogen-bond acceptors (Lipinski definition) is 14. The highest BCUT2D eigenvalue weighted by Gasteiger charge is 2.59. The number of imidazole rings is 1. The molecule has 4 bridgehead atoms. The van der Waals surface area contributed by atoms with Gasteiger partial charge in [-0.15, -0.1) is 9.20 Å². The number of carbonyl (C=O) groups excluding carboxylic acids is 2. The highest BCUT2D eigenvalue weighted by atomic mass is 19.4. The summed E-state index contributed by atoms with van der Waals surface area (Å²) in [5.74, 6) is 1.32. The normalized spacial score (nSPS) is 28.5. The molecule has 1 saturated heterocycles. The molecule has 0 aromatic carbocycles. The van der Waals surface area contributed by atoms with E-state index in [4.69, 9.17) is 23.9 Å². The molecule has 0 spiro atoms. The first-order chi connectivity index (χ1) is 35.4. The zero-order chi connectivity index (χ0) is 51.0. The Morgan fingerprint density at radius 2 is 1.66 bits per heavy atom. The maximum atomic E-state index is 15.9. The fourth-order valence-electron chi connectivity index (χ4n) is 11.8. The summed E-state index contributed by atoms with van der Waals surface area (Å²) in [5, 5.41) is 31.5. The first kappa shape index (κ1) is 46.2. The smallest absolute Gasteiger partial charge is 0.422 e. The van der Waals surface area contributed by atoms with Gasteiger partial charge in [-0.2, -0.15) is 23.4 Å². The van der Waals surface area contributed by atoms with Crippen LogP contribution in [0.25, 0.3) is 28.2 Å². The van der Waals surface area contributed by atoms with Crippen molar-refractivity contribution in [2.24, 2.45) is 18.9 Å². The highest BCUT2D eigenvalue weighted by Crippen LogP contribution is 2.58. The Bertz CT molecular complexity index is 3330. The molecular formula is C47H50F5N16O6+. The maximum absolute atomic E-state index is 15.9. The Kier molecular flexibility index (Phi) is 10.4. The van der Waals surface area contributed by atoms with Crippen LogP contribution in [0.1, 0.15) is 86.0 Å². The first-order valence-corrected chi connectivity index (χ1v) is 24.5. The summed E-state index contributed by atoms with van der Waals surface area (Å²) in [7, 11) is 1.83. The van der Waals surface area contributed by atoms with Gasteiger partial charge in [-0.25, -0.2) is 43.7 Å². The molecule has 7 aromatic heterocycles. The van der Waals surface area contributed by atoms with E-state index in [1.54, 1.807) is 33.7 Å². The van der Waals surface area contributed by atoms with Crippen LogP contribution in [-0.4, -0.2) is 121 Å². The molecule has 388 valence electrons. The molecule has 8 fully saturated rings. The van der Waals surface area contributed by atoms with E-state index in [0.717, 1.165) is 55.3 Å². The van der Waals surface area contributed by atoms with Crippen molar-refractivity contribution in [2.75, 3.05) is 23.8 Å². The number of nitrogens with zero attached hydrogens (tertiary/aromatic N) is 10. The second kappa shape index (κ2) is 16.7.